The molecule has 0 aliphatic heterocycles. The van der Waals surface area contributed by atoms with Crippen LogP contribution in [0.2, 0.25) is 0 Å². The summed E-state index contributed by atoms with van der Waals surface area (Å²) in [6.45, 7) is 8.37. The van der Waals surface area contributed by atoms with Crippen LogP contribution >= 0.6 is 11.3 Å². The van der Waals surface area contributed by atoms with Crippen LogP contribution in [-0.4, -0.2) is 18.0 Å². The predicted octanol–water partition coefficient (Wildman–Crippen LogP) is 9.61. The number of thiophene rings is 1. The van der Waals surface area contributed by atoms with Gasteiger partial charge < -0.3 is 0 Å². The summed E-state index contributed by atoms with van der Waals surface area (Å²) in [7, 11) is 0. The summed E-state index contributed by atoms with van der Waals surface area (Å²) in [4.78, 5) is 4.27. The maximum Gasteiger partial charge on any atom is 0.0327 e. The van der Waals surface area contributed by atoms with Crippen LogP contribution in [0.5, 0.6) is 0 Å². The summed E-state index contributed by atoms with van der Waals surface area (Å²) < 4.78 is 0. The number of hydrogen-bond acceptors (Lipinski definition) is 2. The van der Waals surface area contributed by atoms with Crippen LogP contribution in [0.4, 0.5) is 0 Å². The van der Waals surface area contributed by atoms with Gasteiger partial charge in [0.1, 0.15) is 0 Å². The molecular formula is C27H51NS. The molecule has 0 N–H and O–H groups in total. The van der Waals surface area contributed by atoms with Crippen LogP contribution < -0.4 is 0 Å². The quantitative estimate of drug-likeness (QED) is 0.168. The molecule has 0 amide bonds. The normalized spacial score (nSPS) is 11.6. The van der Waals surface area contributed by atoms with Crippen LogP contribution in [0, 0.1) is 0 Å². The van der Waals surface area contributed by atoms with Gasteiger partial charge in [-0.2, -0.15) is 0 Å². The van der Waals surface area contributed by atoms with Gasteiger partial charge >= 0.3 is 0 Å². The third kappa shape index (κ3) is 17.1. The number of unbranched alkanes of at least 4 members (excludes halogenated alkanes) is 16. The topological polar surface area (TPSA) is 3.24 Å². The predicted molar refractivity (Wildman–Crippen MR) is 134 cm³/mol. The van der Waals surface area contributed by atoms with E-state index < -0.39 is 0 Å². The van der Waals surface area contributed by atoms with Crippen molar-refractivity contribution in [2.24, 2.45) is 0 Å². The van der Waals surface area contributed by atoms with E-state index in [1.54, 1.807) is 0 Å². The smallest absolute Gasteiger partial charge is 0.0327 e. The fraction of sp³-hybridized carbons (Fsp3) is 0.852. The highest BCUT2D eigenvalue weighted by molar-refractivity contribution is 7.09. The Labute approximate surface area is 187 Å². The lowest BCUT2D eigenvalue weighted by Gasteiger charge is -2.21. The molecule has 29 heavy (non-hydrogen) atoms. The molecule has 0 spiro atoms. The number of hydrogen-bond donors (Lipinski definition) is 0. The van der Waals surface area contributed by atoms with Crippen LogP contribution in [-0.2, 0) is 6.54 Å². The summed E-state index contributed by atoms with van der Waals surface area (Å²) in [6, 6.07) is 4.51. The van der Waals surface area contributed by atoms with Gasteiger partial charge in [-0.05, 0) is 37.4 Å². The molecule has 170 valence electrons. The molecule has 0 aliphatic rings. The molecule has 1 aromatic rings. The molecule has 0 saturated carbocycles. The molecule has 0 radical (unpaired) electrons. The molecule has 0 aromatic carbocycles. The monoisotopic (exact) mass is 421 g/mol. The standard InChI is InChI=1S/C27H51NS/c1-3-5-7-9-11-13-15-17-19-23-28(26-27-22-21-25-29-27)24-20-18-16-14-12-10-8-6-4-2/h21-22,25H,3-20,23-24,26H2,1-2H3. The SMILES string of the molecule is CCCCCCCCCCCN(CCCCCCCCCCC)Cc1cccs1. The molecule has 1 nitrogen and oxygen atoms in total. The van der Waals surface area contributed by atoms with Gasteiger partial charge in [-0.1, -0.05) is 123 Å². The Hall–Kier alpha value is -0.340. The summed E-state index contributed by atoms with van der Waals surface area (Å²) in [5, 5.41) is 2.23. The van der Waals surface area contributed by atoms with Crippen LogP contribution in [0.3, 0.4) is 0 Å². The second kappa shape index (κ2) is 20.9. The van der Waals surface area contributed by atoms with Crippen molar-refractivity contribution in [3.63, 3.8) is 0 Å². The van der Waals surface area contributed by atoms with Gasteiger partial charge in [0.05, 0.1) is 0 Å². The molecule has 1 rings (SSSR count). The first kappa shape index (κ1) is 26.7. The second-order valence-corrected chi connectivity index (χ2v) is 10.0. The van der Waals surface area contributed by atoms with E-state index in [1.165, 1.54) is 140 Å². The third-order valence-corrected chi connectivity index (χ3v) is 6.98. The van der Waals surface area contributed by atoms with Crippen molar-refractivity contribution in [3.8, 4) is 0 Å². The van der Waals surface area contributed by atoms with Gasteiger partial charge in [0.25, 0.3) is 0 Å². The lowest BCUT2D eigenvalue weighted by molar-refractivity contribution is 0.254. The van der Waals surface area contributed by atoms with E-state index in [0.29, 0.717) is 0 Å². The summed E-state index contributed by atoms with van der Waals surface area (Å²) in [6.07, 6.45) is 25.7. The highest BCUT2D eigenvalue weighted by Gasteiger charge is 2.07. The van der Waals surface area contributed by atoms with Gasteiger partial charge in [0.2, 0.25) is 0 Å². The van der Waals surface area contributed by atoms with E-state index in [4.69, 9.17) is 0 Å². The van der Waals surface area contributed by atoms with Crippen LogP contribution in [0.1, 0.15) is 134 Å². The third-order valence-electron chi connectivity index (χ3n) is 6.12. The van der Waals surface area contributed by atoms with Crippen molar-refractivity contribution in [2.75, 3.05) is 13.1 Å². The Bertz CT molecular complexity index is 392. The average Bonchev–Trinajstić information content (AvgIpc) is 3.24. The molecule has 0 bridgehead atoms. The van der Waals surface area contributed by atoms with E-state index in [0.717, 1.165) is 0 Å². The van der Waals surface area contributed by atoms with Crippen molar-refractivity contribution in [1.82, 2.24) is 4.90 Å². The minimum absolute atomic E-state index is 1.17. The zero-order valence-electron chi connectivity index (χ0n) is 19.9. The molecular weight excluding hydrogens is 370 g/mol. The highest BCUT2D eigenvalue weighted by Crippen LogP contribution is 2.16. The van der Waals surface area contributed by atoms with E-state index in [9.17, 15) is 0 Å². The van der Waals surface area contributed by atoms with Gasteiger partial charge in [0.15, 0.2) is 0 Å². The van der Waals surface area contributed by atoms with Crippen molar-refractivity contribution in [2.45, 2.75) is 136 Å². The second-order valence-electron chi connectivity index (χ2n) is 9.01. The zero-order valence-corrected chi connectivity index (χ0v) is 20.8. The number of nitrogens with zero attached hydrogens (tertiary/aromatic N) is 1. The number of rotatable bonds is 22. The van der Waals surface area contributed by atoms with Crippen molar-refractivity contribution >= 4 is 11.3 Å². The summed E-state index contributed by atoms with van der Waals surface area (Å²) in [5.74, 6) is 0. The first-order chi connectivity index (χ1) is 14.4. The lowest BCUT2D eigenvalue weighted by Crippen LogP contribution is -2.25. The highest BCUT2D eigenvalue weighted by atomic mass is 32.1. The Morgan fingerprint density at radius 1 is 0.586 bits per heavy atom. The molecule has 1 heterocycles. The Kier molecular flexibility index (Phi) is 19.3. The Morgan fingerprint density at radius 3 is 1.38 bits per heavy atom. The maximum atomic E-state index is 2.73. The van der Waals surface area contributed by atoms with E-state index >= 15 is 0 Å². The molecule has 0 unspecified atom stereocenters. The minimum Gasteiger partial charge on any atom is -0.298 e. The van der Waals surface area contributed by atoms with E-state index in [1.807, 2.05) is 11.3 Å². The fourth-order valence-corrected chi connectivity index (χ4v) is 4.93. The van der Waals surface area contributed by atoms with Crippen molar-refractivity contribution in [3.05, 3.63) is 22.4 Å². The van der Waals surface area contributed by atoms with Crippen molar-refractivity contribution in [1.29, 1.82) is 0 Å². The van der Waals surface area contributed by atoms with Gasteiger partial charge in [-0.15, -0.1) is 11.3 Å². The van der Waals surface area contributed by atoms with Crippen LogP contribution in [0.15, 0.2) is 17.5 Å². The van der Waals surface area contributed by atoms with E-state index in [2.05, 4.69) is 36.3 Å². The first-order valence-electron chi connectivity index (χ1n) is 13.1. The van der Waals surface area contributed by atoms with Gasteiger partial charge in [-0.25, -0.2) is 0 Å². The fourth-order valence-electron chi connectivity index (χ4n) is 4.18. The summed E-state index contributed by atoms with van der Waals surface area (Å²) >= 11 is 1.92. The zero-order chi connectivity index (χ0) is 20.8. The van der Waals surface area contributed by atoms with Crippen LogP contribution in [0.25, 0.3) is 0 Å². The first-order valence-corrected chi connectivity index (χ1v) is 14.0. The van der Waals surface area contributed by atoms with Gasteiger partial charge in [-0.3, -0.25) is 4.90 Å². The summed E-state index contributed by atoms with van der Waals surface area (Å²) in [5.41, 5.74) is 0. The van der Waals surface area contributed by atoms with E-state index in [-0.39, 0.29) is 0 Å². The maximum absolute atomic E-state index is 2.73. The van der Waals surface area contributed by atoms with Crippen molar-refractivity contribution < 1.29 is 0 Å². The molecule has 1 aromatic heterocycles. The van der Waals surface area contributed by atoms with Gasteiger partial charge in [0, 0.05) is 11.4 Å². The largest absolute Gasteiger partial charge is 0.298 e. The molecule has 2 heteroatoms. The average molecular weight is 422 g/mol. The molecule has 0 atom stereocenters. The minimum atomic E-state index is 1.17. The lowest BCUT2D eigenvalue weighted by atomic mass is 10.1. The Balaban J connectivity index is 2.07. The molecule has 0 saturated heterocycles. The molecule has 0 aliphatic carbocycles. The Morgan fingerprint density at radius 2 is 1.00 bits per heavy atom. The molecule has 0 fully saturated rings.